The minimum atomic E-state index is 0.117. The summed E-state index contributed by atoms with van der Waals surface area (Å²) in [5.74, 6) is 0.117. The molecule has 0 aliphatic heterocycles. The topological polar surface area (TPSA) is 17.1 Å². The molecule has 3 rings (SSSR count). The first-order valence-corrected chi connectivity index (χ1v) is 7.92. The van der Waals surface area contributed by atoms with Gasteiger partial charge in [-0.3, -0.25) is 4.79 Å². The molecule has 0 spiro atoms. The summed E-state index contributed by atoms with van der Waals surface area (Å²) >= 11 is 6.65. The van der Waals surface area contributed by atoms with Gasteiger partial charge in [0, 0.05) is 31.5 Å². The van der Waals surface area contributed by atoms with Crippen molar-refractivity contribution in [3.8, 4) is 0 Å². The van der Waals surface area contributed by atoms with E-state index >= 15 is 0 Å². The predicted molar refractivity (Wildman–Crippen MR) is 82.0 cm³/mol. The Morgan fingerprint density at radius 1 is 1.22 bits per heavy atom. The van der Waals surface area contributed by atoms with Gasteiger partial charge in [-0.15, -0.1) is 22.7 Å². The molecule has 0 atom stereocenters. The second-order valence-electron chi connectivity index (χ2n) is 4.00. The van der Waals surface area contributed by atoms with Gasteiger partial charge < -0.3 is 0 Å². The minimum Gasteiger partial charge on any atom is -0.289 e. The van der Waals surface area contributed by atoms with Gasteiger partial charge in [-0.25, -0.2) is 0 Å². The van der Waals surface area contributed by atoms with Crippen molar-refractivity contribution in [1.29, 1.82) is 0 Å². The molecule has 18 heavy (non-hydrogen) atoms. The normalized spacial score (nSPS) is 11.0. The Bertz CT molecular complexity index is 739. The van der Waals surface area contributed by atoms with Crippen LogP contribution in [0.4, 0.5) is 0 Å². The number of benzene rings is 1. The second-order valence-corrected chi connectivity index (χ2v) is 7.54. The van der Waals surface area contributed by atoms with Crippen molar-refractivity contribution in [2.45, 2.75) is 6.92 Å². The first kappa shape index (κ1) is 12.1. The van der Waals surface area contributed by atoms with Crippen LogP contribution in [0, 0.1) is 6.92 Å². The highest BCUT2D eigenvalue weighted by Crippen LogP contribution is 2.32. The largest absolute Gasteiger partial charge is 0.289 e. The lowest BCUT2D eigenvalue weighted by Gasteiger charge is -1.98. The number of halogens is 1. The van der Waals surface area contributed by atoms with E-state index in [0.29, 0.717) is 0 Å². The molecular weight excluding hydrogens is 328 g/mol. The summed E-state index contributed by atoms with van der Waals surface area (Å²) < 4.78 is 2.16. The van der Waals surface area contributed by atoms with E-state index in [0.717, 1.165) is 29.9 Å². The van der Waals surface area contributed by atoms with Crippen LogP contribution in [0.25, 0.3) is 10.1 Å². The van der Waals surface area contributed by atoms with Gasteiger partial charge >= 0.3 is 0 Å². The van der Waals surface area contributed by atoms with E-state index < -0.39 is 0 Å². The summed E-state index contributed by atoms with van der Waals surface area (Å²) in [4.78, 5) is 13.6. The van der Waals surface area contributed by atoms with Gasteiger partial charge in [-0.05, 0) is 35.0 Å². The van der Waals surface area contributed by atoms with Crippen LogP contribution < -0.4 is 0 Å². The Labute approximate surface area is 121 Å². The molecule has 2 aromatic heterocycles. The lowest BCUT2D eigenvalue weighted by Crippen LogP contribution is -1.99. The SMILES string of the molecule is Cc1sc(Br)cc1C(=O)c1csc2ccccc12. The van der Waals surface area contributed by atoms with E-state index in [4.69, 9.17) is 0 Å². The summed E-state index contributed by atoms with van der Waals surface area (Å²) in [6.45, 7) is 1.98. The van der Waals surface area contributed by atoms with Crippen LogP contribution >= 0.6 is 38.6 Å². The molecule has 3 aromatic rings. The molecule has 1 nitrogen and oxygen atoms in total. The van der Waals surface area contributed by atoms with Gasteiger partial charge in [0.15, 0.2) is 5.78 Å². The number of aryl methyl sites for hydroxylation is 1. The van der Waals surface area contributed by atoms with Crippen molar-refractivity contribution in [3.05, 3.63) is 55.5 Å². The standard InChI is InChI=1S/C14H9BrOS2/c1-8-10(6-13(15)18-8)14(16)11-7-17-12-5-3-2-4-9(11)12/h2-7H,1H3. The van der Waals surface area contributed by atoms with Gasteiger partial charge in [0.2, 0.25) is 0 Å². The van der Waals surface area contributed by atoms with Crippen molar-refractivity contribution in [2.75, 3.05) is 0 Å². The first-order chi connectivity index (χ1) is 8.66. The summed E-state index contributed by atoms with van der Waals surface area (Å²) in [5, 5.41) is 3.01. The van der Waals surface area contributed by atoms with Crippen LogP contribution in [0.1, 0.15) is 20.8 Å². The molecule has 2 heterocycles. The molecule has 0 bridgehead atoms. The lowest BCUT2D eigenvalue weighted by molar-refractivity contribution is 0.104. The Morgan fingerprint density at radius 3 is 2.72 bits per heavy atom. The van der Waals surface area contributed by atoms with Crippen LogP contribution in [-0.4, -0.2) is 5.78 Å². The zero-order valence-corrected chi connectivity index (χ0v) is 12.8. The maximum atomic E-state index is 12.5. The molecule has 1 aromatic carbocycles. The average molecular weight is 337 g/mol. The maximum absolute atomic E-state index is 12.5. The molecule has 0 radical (unpaired) electrons. The third kappa shape index (κ3) is 1.94. The number of thiophene rings is 2. The highest BCUT2D eigenvalue weighted by Gasteiger charge is 2.17. The van der Waals surface area contributed by atoms with Gasteiger partial charge in [0.05, 0.1) is 3.79 Å². The number of hydrogen-bond donors (Lipinski definition) is 0. The molecule has 0 saturated carbocycles. The zero-order valence-electron chi connectivity index (χ0n) is 9.57. The van der Waals surface area contributed by atoms with Crippen LogP contribution in [0.15, 0.2) is 39.5 Å². The Morgan fingerprint density at radius 2 is 2.00 bits per heavy atom. The summed E-state index contributed by atoms with van der Waals surface area (Å²) in [6, 6.07) is 9.94. The van der Waals surface area contributed by atoms with E-state index in [2.05, 4.69) is 15.9 Å². The molecule has 0 amide bonds. The molecule has 0 saturated heterocycles. The highest BCUT2D eigenvalue weighted by atomic mass is 79.9. The zero-order chi connectivity index (χ0) is 12.7. The Hall–Kier alpha value is -0.970. The summed E-state index contributed by atoms with van der Waals surface area (Å²) in [6.07, 6.45) is 0. The fourth-order valence-corrected chi connectivity index (χ4v) is 4.60. The molecule has 0 aliphatic rings. The number of hydrogen-bond acceptors (Lipinski definition) is 3. The van der Waals surface area contributed by atoms with Crippen molar-refractivity contribution in [2.24, 2.45) is 0 Å². The van der Waals surface area contributed by atoms with E-state index in [9.17, 15) is 4.79 Å². The van der Waals surface area contributed by atoms with Gasteiger partial charge in [-0.1, -0.05) is 18.2 Å². The summed E-state index contributed by atoms with van der Waals surface area (Å²) in [7, 11) is 0. The maximum Gasteiger partial charge on any atom is 0.195 e. The number of carbonyl (C=O) groups is 1. The van der Waals surface area contributed by atoms with Crippen molar-refractivity contribution in [3.63, 3.8) is 0 Å². The second kappa shape index (κ2) is 4.61. The van der Waals surface area contributed by atoms with E-state index in [1.165, 1.54) is 0 Å². The third-order valence-corrected chi connectivity index (χ3v) is 5.37. The van der Waals surface area contributed by atoms with E-state index in [1.807, 2.05) is 42.6 Å². The van der Waals surface area contributed by atoms with Crippen LogP contribution in [0.5, 0.6) is 0 Å². The Kier molecular flexibility index (Phi) is 3.09. The molecule has 0 aliphatic carbocycles. The predicted octanol–water partition coefficient (Wildman–Crippen LogP) is 5.26. The van der Waals surface area contributed by atoms with Crippen molar-refractivity contribution < 1.29 is 4.79 Å². The monoisotopic (exact) mass is 336 g/mol. The van der Waals surface area contributed by atoms with Crippen molar-refractivity contribution >= 4 is 54.5 Å². The molecule has 4 heteroatoms. The molecule has 0 unspecified atom stereocenters. The van der Waals surface area contributed by atoms with Gasteiger partial charge in [-0.2, -0.15) is 0 Å². The van der Waals surface area contributed by atoms with E-state index in [-0.39, 0.29) is 5.78 Å². The number of rotatable bonds is 2. The van der Waals surface area contributed by atoms with Gasteiger partial charge in [0.25, 0.3) is 0 Å². The molecular formula is C14H9BrOS2. The number of fused-ring (bicyclic) bond motifs is 1. The van der Waals surface area contributed by atoms with Gasteiger partial charge in [0.1, 0.15) is 0 Å². The van der Waals surface area contributed by atoms with Crippen LogP contribution in [0.3, 0.4) is 0 Å². The summed E-state index contributed by atoms with van der Waals surface area (Å²) in [5.41, 5.74) is 1.61. The third-order valence-electron chi connectivity index (χ3n) is 2.86. The smallest absolute Gasteiger partial charge is 0.195 e. The molecule has 0 fully saturated rings. The van der Waals surface area contributed by atoms with Crippen LogP contribution in [-0.2, 0) is 0 Å². The first-order valence-electron chi connectivity index (χ1n) is 5.43. The minimum absolute atomic E-state index is 0.117. The van der Waals surface area contributed by atoms with Crippen molar-refractivity contribution in [1.82, 2.24) is 0 Å². The van der Waals surface area contributed by atoms with Crippen LogP contribution in [0.2, 0.25) is 0 Å². The number of carbonyl (C=O) groups excluding carboxylic acids is 1. The number of ketones is 1. The fraction of sp³-hybridized carbons (Fsp3) is 0.0714. The fourth-order valence-electron chi connectivity index (χ4n) is 1.97. The quantitative estimate of drug-likeness (QED) is 0.583. The van der Waals surface area contributed by atoms with E-state index in [1.54, 1.807) is 22.7 Å². The molecule has 90 valence electrons. The highest BCUT2D eigenvalue weighted by molar-refractivity contribution is 9.11. The lowest BCUT2D eigenvalue weighted by atomic mass is 10.0. The molecule has 0 N–H and O–H groups in total. The average Bonchev–Trinajstić information content (AvgIpc) is 2.92. The Balaban J connectivity index is 2.15.